The minimum Gasteiger partial charge on any atom is -0.121 e. The summed E-state index contributed by atoms with van der Waals surface area (Å²) in [6, 6.07) is 33.5. The molecule has 41 heavy (non-hydrogen) atoms. The third-order valence-electron chi connectivity index (χ3n) is 9.10. The zero-order valence-corrected chi connectivity index (χ0v) is 27.4. The zero-order chi connectivity index (χ0) is 28.9. The van der Waals surface area contributed by atoms with Crippen LogP contribution < -0.4 is 0 Å². The Morgan fingerprint density at radius 2 is 0.756 bits per heavy atom. The van der Waals surface area contributed by atoms with Gasteiger partial charge in [0.15, 0.2) is 0 Å². The van der Waals surface area contributed by atoms with Gasteiger partial charge >= 0.3 is 0 Å². The lowest BCUT2D eigenvalue weighted by atomic mass is 9.74. The van der Waals surface area contributed by atoms with Gasteiger partial charge in [0.1, 0.15) is 0 Å². The molecule has 0 N–H and O–H groups in total. The first-order valence-corrected chi connectivity index (χ1v) is 17.8. The predicted octanol–water partition coefficient (Wildman–Crippen LogP) is 13.0. The lowest BCUT2D eigenvalue weighted by Gasteiger charge is -2.39. The lowest BCUT2D eigenvalue weighted by molar-refractivity contribution is 0.476. The van der Waals surface area contributed by atoms with Crippen molar-refractivity contribution in [2.75, 3.05) is 0 Å². The molecule has 224 valence electrons. The fourth-order valence-electron chi connectivity index (χ4n) is 6.59. The van der Waals surface area contributed by atoms with Gasteiger partial charge in [0.2, 0.25) is 0 Å². The largest absolute Gasteiger partial charge is 0.121 e. The van der Waals surface area contributed by atoms with Crippen molar-refractivity contribution in [1.82, 2.24) is 0 Å². The van der Waals surface area contributed by atoms with Gasteiger partial charge in [0.25, 0.3) is 0 Å². The molecular formula is C40H59P. The van der Waals surface area contributed by atoms with Gasteiger partial charge in [-0.25, -0.2) is 0 Å². The molecule has 0 radical (unpaired) electrons. The first-order chi connectivity index (χ1) is 20.3. The third-order valence-corrected chi connectivity index (χ3v) is 10.2. The highest BCUT2D eigenvalue weighted by Crippen LogP contribution is 2.52. The van der Waals surface area contributed by atoms with Crippen LogP contribution in [0.2, 0.25) is 0 Å². The fraction of sp³-hybridized carbons (Fsp3) is 0.550. The topological polar surface area (TPSA) is 0 Å². The number of hydrogen-bond acceptors (Lipinski definition) is 0. The van der Waals surface area contributed by atoms with Gasteiger partial charge < -0.3 is 0 Å². The van der Waals surface area contributed by atoms with E-state index < -0.39 is 0 Å². The van der Waals surface area contributed by atoms with E-state index in [0.29, 0.717) is 5.92 Å². The van der Waals surface area contributed by atoms with Crippen LogP contribution in [0.5, 0.6) is 0 Å². The van der Waals surface area contributed by atoms with E-state index in [-0.39, 0.29) is 5.16 Å². The van der Waals surface area contributed by atoms with Crippen molar-refractivity contribution in [2.24, 2.45) is 0 Å². The van der Waals surface area contributed by atoms with Crippen LogP contribution in [0.1, 0.15) is 152 Å². The maximum atomic E-state index is 3.31. The summed E-state index contributed by atoms with van der Waals surface area (Å²) in [4.78, 5) is 0. The van der Waals surface area contributed by atoms with Crippen LogP contribution in [-0.4, -0.2) is 0 Å². The van der Waals surface area contributed by atoms with Gasteiger partial charge in [0, 0.05) is 11.1 Å². The summed E-state index contributed by atoms with van der Waals surface area (Å²) in [6.45, 7) is 2.30. The van der Waals surface area contributed by atoms with E-state index in [9.17, 15) is 0 Å². The van der Waals surface area contributed by atoms with E-state index in [1.54, 1.807) is 0 Å². The van der Waals surface area contributed by atoms with Crippen molar-refractivity contribution < 1.29 is 0 Å². The third kappa shape index (κ3) is 12.1. The summed E-state index contributed by atoms with van der Waals surface area (Å²) in [6.07, 6.45) is 26.8. The SMILES string of the molecule is CCCCCCCCCCCCCCCCCCCCC(c1ccccc1)C(P)(c1ccccc1)c1ccccc1. The van der Waals surface area contributed by atoms with Crippen LogP contribution in [-0.2, 0) is 5.16 Å². The second-order valence-corrected chi connectivity index (χ2v) is 13.3. The Hall–Kier alpha value is -1.91. The number of benzene rings is 3. The molecule has 3 aromatic rings. The lowest BCUT2D eigenvalue weighted by Crippen LogP contribution is -2.29. The standard InChI is InChI=1S/C40H59P/c1-2-3-4-5-6-7-8-9-10-11-12-13-14-15-16-17-18-28-35-39(36-29-22-19-23-30-36)40(41,37-31-24-20-25-32-37)38-33-26-21-27-34-38/h19-27,29-34,39H,2-18,28,35,41H2,1H3. The minimum absolute atomic E-state index is 0.140. The monoisotopic (exact) mass is 570 g/mol. The summed E-state index contributed by atoms with van der Waals surface area (Å²) >= 11 is 0. The molecule has 0 bridgehead atoms. The molecule has 0 aliphatic heterocycles. The van der Waals surface area contributed by atoms with Crippen LogP contribution in [0, 0.1) is 0 Å². The van der Waals surface area contributed by atoms with Gasteiger partial charge in [-0.3, -0.25) is 0 Å². The van der Waals surface area contributed by atoms with Crippen molar-refractivity contribution >= 4 is 9.24 Å². The maximum Gasteiger partial charge on any atom is 0.0412 e. The fourth-order valence-corrected chi connectivity index (χ4v) is 7.33. The molecule has 0 fully saturated rings. The Morgan fingerprint density at radius 1 is 0.439 bits per heavy atom. The Morgan fingerprint density at radius 3 is 1.12 bits per heavy atom. The quantitative estimate of drug-likeness (QED) is 0.0785. The molecule has 0 aliphatic rings. The van der Waals surface area contributed by atoms with Crippen LogP contribution in [0.15, 0.2) is 91.0 Å². The zero-order valence-electron chi connectivity index (χ0n) is 26.2. The van der Waals surface area contributed by atoms with Crippen LogP contribution in [0.4, 0.5) is 0 Å². The van der Waals surface area contributed by atoms with Gasteiger partial charge in [-0.05, 0) is 23.1 Å². The van der Waals surface area contributed by atoms with Crippen molar-refractivity contribution in [1.29, 1.82) is 0 Å². The van der Waals surface area contributed by atoms with Crippen molar-refractivity contribution in [3.63, 3.8) is 0 Å². The van der Waals surface area contributed by atoms with Crippen LogP contribution in [0.25, 0.3) is 0 Å². The van der Waals surface area contributed by atoms with Gasteiger partial charge in [-0.2, -0.15) is 0 Å². The van der Waals surface area contributed by atoms with E-state index in [2.05, 4.69) is 107 Å². The summed E-state index contributed by atoms with van der Waals surface area (Å²) in [7, 11) is 3.31. The smallest absolute Gasteiger partial charge is 0.0412 e. The molecule has 0 saturated heterocycles. The second kappa shape index (κ2) is 20.9. The number of rotatable bonds is 23. The molecule has 3 rings (SSSR count). The van der Waals surface area contributed by atoms with Gasteiger partial charge in [0.05, 0.1) is 0 Å². The van der Waals surface area contributed by atoms with E-state index in [1.807, 2.05) is 0 Å². The Kier molecular flexibility index (Phi) is 17.1. The molecular weight excluding hydrogens is 511 g/mol. The van der Waals surface area contributed by atoms with Crippen molar-refractivity contribution in [3.05, 3.63) is 108 Å². The molecule has 2 unspecified atom stereocenters. The minimum atomic E-state index is -0.140. The van der Waals surface area contributed by atoms with E-state index >= 15 is 0 Å². The van der Waals surface area contributed by atoms with Gasteiger partial charge in [-0.1, -0.05) is 213 Å². The van der Waals surface area contributed by atoms with Crippen LogP contribution >= 0.6 is 9.24 Å². The highest BCUT2D eigenvalue weighted by molar-refractivity contribution is 7.19. The van der Waals surface area contributed by atoms with Gasteiger partial charge in [-0.15, -0.1) is 9.24 Å². The van der Waals surface area contributed by atoms with E-state index in [4.69, 9.17) is 0 Å². The Bertz CT molecular complexity index is 957. The highest BCUT2D eigenvalue weighted by atomic mass is 31.0. The molecule has 0 amide bonds. The summed E-state index contributed by atoms with van der Waals surface area (Å²) < 4.78 is 0. The molecule has 0 spiro atoms. The summed E-state index contributed by atoms with van der Waals surface area (Å²) in [5.41, 5.74) is 4.21. The van der Waals surface area contributed by atoms with Crippen molar-refractivity contribution in [2.45, 2.75) is 140 Å². The normalized spacial score (nSPS) is 12.4. The summed E-state index contributed by atoms with van der Waals surface area (Å²) in [5.74, 6) is 0.416. The molecule has 0 nitrogen and oxygen atoms in total. The Labute approximate surface area is 256 Å². The van der Waals surface area contributed by atoms with E-state index in [1.165, 1.54) is 139 Å². The predicted molar refractivity (Wildman–Crippen MR) is 186 cm³/mol. The van der Waals surface area contributed by atoms with E-state index in [0.717, 1.165) is 0 Å². The van der Waals surface area contributed by atoms with Crippen LogP contribution in [0.3, 0.4) is 0 Å². The molecule has 0 saturated carbocycles. The first-order valence-electron chi connectivity index (χ1n) is 17.2. The maximum absolute atomic E-state index is 3.31. The summed E-state index contributed by atoms with van der Waals surface area (Å²) in [5, 5.41) is -0.140. The Balaban J connectivity index is 1.37. The average Bonchev–Trinajstić information content (AvgIpc) is 3.03. The average molecular weight is 571 g/mol. The number of unbranched alkanes of at least 4 members (excludes halogenated alkanes) is 17. The molecule has 1 heteroatoms. The molecule has 0 heterocycles. The molecule has 3 aromatic carbocycles. The van der Waals surface area contributed by atoms with Crippen molar-refractivity contribution in [3.8, 4) is 0 Å². The number of hydrogen-bond donors (Lipinski definition) is 0. The molecule has 2 atom stereocenters. The first kappa shape index (κ1) is 33.6. The second-order valence-electron chi connectivity index (χ2n) is 12.4. The highest BCUT2D eigenvalue weighted by Gasteiger charge is 2.38. The molecule has 0 aliphatic carbocycles. The molecule has 0 aromatic heterocycles.